The van der Waals surface area contributed by atoms with Gasteiger partial charge in [0.2, 0.25) is 0 Å². The largest absolute Gasteiger partial charge is 0.245 e. The molecule has 0 unspecified atom stereocenters. The molecule has 14 heavy (non-hydrogen) atoms. The number of hydrogen-bond acceptors (Lipinski definition) is 1. The average molecular weight is 253 g/mol. The first kappa shape index (κ1) is 11.3. The van der Waals surface area contributed by atoms with E-state index in [1.54, 1.807) is 6.20 Å². The topological polar surface area (TPSA) is 12.9 Å². The number of aromatic nitrogens is 1. The van der Waals surface area contributed by atoms with Crippen molar-refractivity contribution in [2.45, 2.75) is 0 Å². The van der Waals surface area contributed by atoms with Crippen molar-refractivity contribution >= 4 is 11.6 Å². The van der Waals surface area contributed by atoms with Crippen molar-refractivity contribution in [2.75, 3.05) is 0 Å². The molecule has 1 aromatic carbocycles. The Morgan fingerprint density at radius 1 is 0.929 bits per heavy atom. The number of nitrogens with zero attached hydrogens (tertiary/aromatic N) is 1. The van der Waals surface area contributed by atoms with Crippen LogP contribution in [0.15, 0.2) is 48.7 Å². The summed E-state index contributed by atoms with van der Waals surface area (Å²) in [5.74, 6) is 0. The van der Waals surface area contributed by atoms with Crippen LogP contribution in [0.5, 0.6) is 0 Å². The van der Waals surface area contributed by atoms with Crippen LogP contribution in [-0.4, -0.2) is 4.98 Å². The minimum atomic E-state index is 0. The van der Waals surface area contributed by atoms with Gasteiger partial charge in [-0.25, -0.2) is 4.98 Å². The Bertz CT molecular complexity index is 403. The van der Waals surface area contributed by atoms with Crippen molar-refractivity contribution in [3.63, 3.8) is 0 Å². The molecule has 0 saturated carbocycles. The van der Waals surface area contributed by atoms with Gasteiger partial charge in [-0.05, 0) is 23.3 Å². The van der Waals surface area contributed by atoms with E-state index < -0.39 is 0 Å². The van der Waals surface area contributed by atoms with Crippen LogP contribution in [0.25, 0.3) is 11.1 Å². The molecule has 0 spiro atoms. The Hall–Kier alpha value is -0.821. The van der Waals surface area contributed by atoms with Gasteiger partial charge in [-0.3, -0.25) is 0 Å². The summed E-state index contributed by atoms with van der Waals surface area (Å²) in [6.45, 7) is 0. The molecule has 2 rings (SSSR count). The fraction of sp³-hybridized carbons (Fsp3) is 0. The summed E-state index contributed by atoms with van der Waals surface area (Å²) in [7, 11) is 0. The Balaban J connectivity index is 0.000000980. The van der Waals surface area contributed by atoms with E-state index in [-0.39, 0.29) is 17.1 Å². The van der Waals surface area contributed by atoms with Crippen LogP contribution < -0.4 is 0 Å². The second kappa shape index (κ2) is 5.16. The normalized spacial score (nSPS) is 9.21. The molecule has 75 valence electrons. The van der Waals surface area contributed by atoms with Gasteiger partial charge in [0.1, 0.15) is 5.15 Å². The predicted octanol–water partition coefficient (Wildman–Crippen LogP) is 3.40. The standard InChI is InChI=1S/C11H8ClN.Cu/c12-11-8-10(6-7-13-11)9-4-2-1-3-5-9;/h1-8H;. The fourth-order valence-corrected chi connectivity index (χ4v) is 1.39. The molecule has 0 amide bonds. The van der Waals surface area contributed by atoms with Crippen LogP contribution in [0, 0.1) is 0 Å². The molecule has 0 aliphatic rings. The second-order valence-electron chi connectivity index (χ2n) is 2.73. The van der Waals surface area contributed by atoms with Crippen molar-refractivity contribution < 1.29 is 17.1 Å². The molecule has 0 aliphatic carbocycles. The summed E-state index contributed by atoms with van der Waals surface area (Å²) >= 11 is 5.78. The molecule has 0 bridgehead atoms. The van der Waals surface area contributed by atoms with Crippen molar-refractivity contribution in [2.24, 2.45) is 0 Å². The number of rotatable bonds is 1. The van der Waals surface area contributed by atoms with Crippen molar-refractivity contribution in [3.8, 4) is 11.1 Å². The molecule has 1 radical (unpaired) electrons. The van der Waals surface area contributed by atoms with E-state index in [2.05, 4.69) is 4.98 Å². The van der Waals surface area contributed by atoms with Crippen LogP contribution in [0.4, 0.5) is 0 Å². The number of hydrogen-bond donors (Lipinski definition) is 0. The number of halogens is 1. The summed E-state index contributed by atoms with van der Waals surface area (Å²) < 4.78 is 0. The van der Waals surface area contributed by atoms with Gasteiger partial charge < -0.3 is 0 Å². The van der Waals surface area contributed by atoms with E-state index >= 15 is 0 Å². The van der Waals surface area contributed by atoms with E-state index in [4.69, 9.17) is 11.6 Å². The molecule has 1 aromatic heterocycles. The van der Waals surface area contributed by atoms with E-state index in [0.29, 0.717) is 5.15 Å². The first-order chi connectivity index (χ1) is 6.36. The Labute approximate surface area is 98.6 Å². The SMILES string of the molecule is Clc1cc(-c2ccccc2)ccn1.[Cu]. The third kappa shape index (κ3) is 2.58. The van der Waals surface area contributed by atoms with Gasteiger partial charge in [-0.2, -0.15) is 0 Å². The second-order valence-corrected chi connectivity index (χ2v) is 3.12. The summed E-state index contributed by atoms with van der Waals surface area (Å²) in [5, 5.41) is 0.529. The van der Waals surface area contributed by atoms with E-state index in [1.807, 2.05) is 42.5 Å². The summed E-state index contributed by atoms with van der Waals surface area (Å²) in [4.78, 5) is 3.93. The zero-order valence-electron chi connectivity index (χ0n) is 7.25. The molecule has 0 N–H and O–H groups in total. The fourth-order valence-electron chi connectivity index (χ4n) is 1.21. The van der Waals surface area contributed by atoms with Gasteiger partial charge >= 0.3 is 0 Å². The van der Waals surface area contributed by atoms with Gasteiger partial charge in [-0.1, -0.05) is 41.9 Å². The van der Waals surface area contributed by atoms with Crippen molar-refractivity contribution in [1.29, 1.82) is 0 Å². The Kier molecular flexibility index (Phi) is 4.15. The van der Waals surface area contributed by atoms with Crippen molar-refractivity contribution in [1.82, 2.24) is 4.98 Å². The van der Waals surface area contributed by atoms with Gasteiger partial charge in [0.05, 0.1) is 0 Å². The van der Waals surface area contributed by atoms with Crippen LogP contribution in [-0.2, 0) is 17.1 Å². The average Bonchev–Trinajstić information content (AvgIpc) is 2.19. The third-order valence-electron chi connectivity index (χ3n) is 1.83. The Morgan fingerprint density at radius 2 is 1.64 bits per heavy atom. The molecule has 1 heterocycles. The van der Waals surface area contributed by atoms with E-state index in [9.17, 15) is 0 Å². The molecule has 1 nitrogen and oxygen atoms in total. The van der Waals surface area contributed by atoms with Gasteiger partial charge in [-0.15, -0.1) is 0 Å². The van der Waals surface area contributed by atoms with Crippen LogP contribution in [0.2, 0.25) is 5.15 Å². The van der Waals surface area contributed by atoms with Gasteiger partial charge in [0, 0.05) is 23.3 Å². The molecule has 0 saturated heterocycles. The molecule has 2 aromatic rings. The molecular formula is C11H8ClCuN. The zero-order valence-corrected chi connectivity index (χ0v) is 8.94. The zero-order chi connectivity index (χ0) is 9.10. The molecular weight excluding hydrogens is 245 g/mol. The van der Waals surface area contributed by atoms with E-state index in [0.717, 1.165) is 11.1 Å². The van der Waals surface area contributed by atoms with Crippen LogP contribution in [0.3, 0.4) is 0 Å². The van der Waals surface area contributed by atoms with Crippen LogP contribution in [0.1, 0.15) is 0 Å². The molecule has 0 atom stereocenters. The summed E-state index contributed by atoms with van der Waals surface area (Å²) in [6.07, 6.45) is 1.71. The molecule has 0 fully saturated rings. The maximum atomic E-state index is 5.78. The molecule has 0 aliphatic heterocycles. The number of pyridine rings is 1. The minimum Gasteiger partial charge on any atom is -0.245 e. The third-order valence-corrected chi connectivity index (χ3v) is 2.04. The quantitative estimate of drug-likeness (QED) is 0.560. The Morgan fingerprint density at radius 3 is 2.29 bits per heavy atom. The summed E-state index contributed by atoms with van der Waals surface area (Å²) in [6, 6.07) is 13.9. The van der Waals surface area contributed by atoms with Gasteiger partial charge in [0.25, 0.3) is 0 Å². The molecule has 3 heteroatoms. The maximum absolute atomic E-state index is 5.78. The predicted molar refractivity (Wildman–Crippen MR) is 54.7 cm³/mol. The maximum Gasteiger partial charge on any atom is 0.129 e. The first-order valence-electron chi connectivity index (χ1n) is 4.03. The monoisotopic (exact) mass is 252 g/mol. The smallest absolute Gasteiger partial charge is 0.129 e. The summed E-state index contributed by atoms with van der Waals surface area (Å²) in [5.41, 5.74) is 2.26. The first-order valence-corrected chi connectivity index (χ1v) is 4.41. The van der Waals surface area contributed by atoms with E-state index in [1.165, 1.54) is 0 Å². The van der Waals surface area contributed by atoms with Gasteiger partial charge in [0.15, 0.2) is 0 Å². The van der Waals surface area contributed by atoms with Crippen molar-refractivity contribution in [3.05, 3.63) is 53.8 Å². The van der Waals surface area contributed by atoms with Crippen LogP contribution >= 0.6 is 11.6 Å². The number of benzene rings is 1. The minimum absolute atomic E-state index is 0.